The average Bonchev–Trinajstić information content (AvgIpc) is 2.78. The van der Waals surface area contributed by atoms with Crippen molar-refractivity contribution in [3.05, 3.63) is 59.4 Å². The second-order valence-electron chi connectivity index (χ2n) is 8.09. The second-order valence-corrected chi connectivity index (χ2v) is 9.99. The van der Waals surface area contributed by atoms with Crippen LogP contribution in [0.5, 0.6) is 5.75 Å². The van der Waals surface area contributed by atoms with E-state index in [1.165, 1.54) is 23.5 Å². The summed E-state index contributed by atoms with van der Waals surface area (Å²) >= 11 is 0. The predicted octanol–water partition coefficient (Wildman–Crippen LogP) is 3.67. The molecule has 0 aliphatic carbocycles. The summed E-state index contributed by atoms with van der Waals surface area (Å²) in [5.41, 5.74) is 1.74. The van der Waals surface area contributed by atoms with Gasteiger partial charge in [0.1, 0.15) is 16.5 Å². The Hall–Kier alpha value is -2.45. The normalized spacial score (nSPS) is 15.8. The first kappa shape index (κ1) is 23.2. The third kappa shape index (κ3) is 5.43. The largest absolute Gasteiger partial charge is 0.495 e. The summed E-state index contributed by atoms with van der Waals surface area (Å²) in [6, 6.07) is 11.2. The highest BCUT2D eigenvalue weighted by molar-refractivity contribution is 7.89. The number of halogens is 1. The fourth-order valence-corrected chi connectivity index (χ4v) is 5.35. The molecule has 1 aliphatic rings. The maximum atomic E-state index is 13.3. The summed E-state index contributed by atoms with van der Waals surface area (Å²) in [7, 11) is -2.27. The Morgan fingerprint density at radius 2 is 1.81 bits per heavy atom. The van der Waals surface area contributed by atoms with Crippen molar-refractivity contribution < 1.29 is 22.3 Å². The van der Waals surface area contributed by atoms with Crippen LogP contribution in [0.25, 0.3) is 0 Å². The van der Waals surface area contributed by atoms with Gasteiger partial charge in [-0.1, -0.05) is 32.0 Å². The van der Waals surface area contributed by atoms with Crippen LogP contribution in [0.1, 0.15) is 43.7 Å². The van der Waals surface area contributed by atoms with Crippen LogP contribution in [0.15, 0.2) is 47.4 Å². The van der Waals surface area contributed by atoms with Gasteiger partial charge in [0.15, 0.2) is 0 Å². The minimum Gasteiger partial charge on any atom is -0.495 e. The van der Waals surface area contributed by atoms with Crippen molar-refractivity contribution in [3.8, 4) is 5.75 Å². The van der Waals surface area contributed by atoms with Crippen molar-refractivity contribution in [3.63, 3.8) is 0 Å². The molecule has 6 nitrogen and oxygen atoms in total. The van der Waals surface area contributed by atoms with E-state index in [0.29, 0.717) is 25.1 Å². The lowest BCUT2D eigenvalue weighted by Gasteiger charge is -2.31. The van der Waals surface area contributed by atoms with Crippen molar-refractivity contribution in [1.29, 1.82) is 0 Å². The van der Waals surface area contributed by atoms with Crippen LogP contribution in [0.3, 0.4) is 0 Å². The van der Waals surface area contributed by atoms with Gasteiger partial charge in [0.25, 0.3) is 0 Å². The van der Waals surface area contributed by atoms with E-state index in [1.54, 1.807) is 24.3 Å². The molecular weight excluding hydrogens is 419 g/mol. The number of hydrogen-bond donors (Lipinski definition) is 1. The van der Waals surface area contributed by atoms with Crippen molar-refractivity contribution >= 4 is 15.9 Å². The number of nitrogens with zero attached hydrogens (tertiary/aromatic N) is 1. The third-order valence-corrected chi connectivity index (χ3v) is 7.60. The lowest BCUT2D eigenvalue weighted by atomic mass is 9.97. The maximum Gasteiger partial charge on any atom is 0.246 e. The number of carbonyl (C=O) groups excluding carboxylic acids is 1. The van der Waals surface area contributed by atoms with Crippen molar-refractivity contribution in [2.45, 2.75) is 44.0 Å². The SMILES string of the molecule is COc1ccc(C(C)C)cc1S(=O)(=O)N1CCC(C(=O)NCc2ccc(F)cc2)CC1. The molecular formula is C23H29FN2O4S. The van der Waals surface area contributed by atoms with Gasteiger partial charge in [0, 0.05) is 25.6 Å². The van der Waals surface area contributed by atoms with Crippen molar-refractivity contribution in [2.75, 3.05) is 20.2 Å². The van der Waals surface area contributed by atoms with E-state index in [2.05, 4.69) is 5.32 Å². The van der Waals surface area contributed by atoms with Crippen LogP contribution in [-0.2, 0) is 21.4 Å². The minimum absolute atomic E-state index is 0.110. The smallest absolute Gasteiger partial charge is 0.246 e. The molecule has 1 saturated heterocycles. The van der Waals surface area contributed by atoms with Gasteiger partial charge < -0.3 is 10.1 Å². The summed E-state index contributed by atoms with van der Waals surface area (Å²) < 4.78 is 46.3. The third-order valence-electron chi connectivity index (χ3n) is 5.68. The van der Waals surface area contributed by atoms with E-state index < -0.39 is 10.0 Å². The number of hydrogen-bond acceptors (Lipinski definition) is 4. The second kappa shape index (κ2) is 9.78. The van der Waals surface area contributed by atoms with E-state index in [4.69, 9.17) is 4.74 Å². The molecule has 168 valence electrons. The monoisotopic (exact) mass is 448 g/mol. The molecule has 0 aromatic heterocycles. The van der Waals surface area contributed by atoms with Crippen LogP contribution in [0.4, 0.5) is 4.39 Å². The van der Waals surface area contributed by atoms with Gasteiger partial charge in [-0.05, 0) is 54.2 Å². The molecule has 8 heteroatoms. The molecule has 1 heterocycles. The fourth-order valence-electron chi connectivity index (χ4n) is 3.69. The van der Waals surface area contributed by atoms with Crippen molar-refractivity contribution in [1.82, 2.24) is 9.62 Å². The van der Waals surface area contributed by atoms with Crippen LogP contribution in [-0.4, -0.2) is 38.8 Å². The first-order valence-electron chi connectivity index (χ1n) is 10.4. The standard InChI is InChI=1S/C23H29FN2O4S/c1-16(2)19-6-9-21(30-3)22(14-19)31(28,29)26-12-10-18(11-13-26)23(27)25-15-17-4-7-20(24)8-5-17/h4-9,14,16,18H,10-13,15H2,1-3H3,(H,25,27). The number of benzene rings is 2. The van der Waals surface area contributed by atoms with Gasteiger partial charge in [-0.2, -0.15) is 4.31 Å². The Morgan fingerprint density at radius 3 is 2.39 bits per heavy atom. The topological polar surface area (TPSA) is 75.7 Å². The molecule has 0 spiro atoms. The fraction of sp³-hybridized carbons (Fsp3) is 0.435. The number of piperidine rings is 1. The van der Waals surface area contributed by atoms with Gasteiger partial charge in [-0.15, -0.1) is 0 Å². The highest BCUT2D eigenvalue weighted by Crippen LogP contribution is 2.32. The number of methoxy groups -OCH3 is 1. The van der Waals surface area contributed by atoms with Gasteiger partial charge in [-0.25, -0.2) is 12.8 Å². The van der Waals surface area contributed by atoms with E-state index >= 15 is 0 Å². The number of rotatable bonds is 7. The molecule has 0 saturated carbocycles. The Balaban J connectivity index is 1.63. The zero-order valence-corrected chi connectivity index (χ0v) is 18.9. The highest BCUT2D eigenvalue weighted by Gasteiger charge is 2.34. The Bertz CT molecular complexity index is 1010. The zero-order chi connectivity index (χ0) is 22.6. The molecule has 2 aromatic rings. The first-order chi connectivity index (χ1) is 14.7. The summed E-state index contributed by atoms with van der Waals surface area (Å²) in [6.45, 7) is 4.87. The van der Waals surface area contributed by atoms with E-state index in [0.717, 1.165) is 11.1 Å². The predicted molar refractivity (Wildman–Crippen MR) is 117 cm³/mol. The zero-order valence-electron chi connectivity index (χ0n) is 18.1. The van der Waals surface area contributed by atoms with E-state index in [-0.39, 0.29) is 41.5 Å². The lowest BCUT2D eigenvalue weighted by Crippen LogP contribution is -2.43. The molecule has 1 aliphatic heterocycles. The number of amides is 1. The Morgan fingerprint density at radius 1 is 1.16 bits per heavy atom. The Labute approximate surface area is 183 Å². The molecule has 2 aromatic carbocycles. The van der Waals surface area contributed by atoms with Crippen LogP contribution in [0.2, 0.25) is 0 Å². The molecule has 0 radical (unpaired) electrons. The number of sulfonamides is 1. The van der Waals surface area contributed by atoms with E-state index in [9.17, 15) is 17.6 Å². The maximum absolute atomic E-state index is 13.3. The molecule has 1 N–H and O–H groups in total. The van der Waals surface area contributed by atoms with Gasteiger partial charge in [0.05, 0.1) is 7.11 Å². The molecule has 1 amide bonds. The van der Waals surface area contributed by atoms with Crippen LogP contribution < -0.4 is 10.1 Å². The Kier molecular flexibility index (Phi) is 7.33. The summed E-state index contributed by atoms with van der Waals surface area (Å²) in [4.78, 5) is 12.7. The van der Waals surface area contributed by atoms with Gasteiger partial charge >= 0.3 is 0 Å². The molecule has 0 unspecified atom stereocenters. The summed E-state index contributed by atoms with van der Waals surface area (Å²) in [6.07, 6.45) is 0.890. The molecule has 0 atom stereocenters. The number of nitrogens with one attached hydrogen (secondary N) is 1. The molecule has 31 heavy (non-hydrogen) atoms. The number of carbonyl (C=O) groups is 1. The van der Waals surface area contributed by atoms with Crippen LogP contribution in [0, 0.1) is 11.7 Å². The quantitative estimate of drug-likeness (QED) is 0.701. The molecule has 1 fully saturated rings. The summed E-state index contributed by atoms with van der Waals surface area (Å²) in [5.74, 6) is -0.172. The minimum atomic E-state index is -3.73. The molecule has 0 bridgehead atoms. The van der Waals surface area contributed by atoms with Gasteiger partial charge in [0.2, 0.25) is 15.9 Å². The lowest BCUT2D eigenvalue weighted by molar-refractivity contribution is -0.126. The average molecular weight is 449 g/mol. The first-order valence-corrected chi connectivity index (χ1v) is 11.9. The van der Waals surface area contributed by atoms with Crippen LogP contribution >= 0.6 is 0 Å². The van der Waals surface area contributed by atoms with Crippen molar-refractivity contribution in [2.24, 2.45) is 5.92 Å². The van der Waals surface area contributed by atoms with Gasteiger partial charge in [-0.3, -0.25) is 4.79 Å². The number of ether oxygens (including phenoxy) is 1. The van der Waals surface area contributed by atoms with E-state index in [1.807, 2.05) is 19.9 Å². The highest BCUT2D eigenvalue weighted by atomic mass is 32.2. The molecule has 3 rings (SSSR count). The summed E-state index contributed by atoms with van der Waals surface area (Å²) in [5, 5.41) is 2.86.